The number of carbonyl (C=O) groups excluding carboxylic acids is 1. The summed E-state index contributed by atoms with van der Waals surface area (Å²) in [5.41, 5.74) is 3.17. The lowest BCUT2D eigenvalue weighted by atomic mass is 10.1. The first-order valence-electron chi connectivity index (χ1n) is 8.81. The topological polar surface area (TPSA) is 118 Å². The van der Waals surface area contributed by atoms with E-state index >= 15 is 0 Å². The number of aliphatic carboxylic acids is 1. The summed E-state index contributed by atoms with van der Waals surface area (Å²) in [6.45, 7) is -0.448. The average Bonchev–Trinajstić information content (AvgIpc) is 3.32. The molecular weight excluding hydrogens is 392 g/mol. The quantitative estimate of drug-likeness (QED) is 0.483. The zero-order valence-electron chi connectivity index (χ0n) is 15.2. The summed E-state index contributed by atoms with van der Waals surface area (Å²) in [5, 5.41) is 19.4. The lowest BCUT2D eigenvalue weighted by molar-refractivity contribution is -0.137. The lowest BCUT2D eigenvalue weighted by Gasteiger charge is -2.00. The highest BCUT2D eigenvalue weighted by Crippen LogP contribution is 2.29. The third-order valence-corrected chi connectivity index (χ3v) is 5.12. The summed E-state index contributed by atoms with van der Waals surface area (Å²) < 4.78 is 6.55. The second kappa shape index (κ2) is 8.19. The summed E-state index contributed by atoms with van der Waals surface area (Å²) in [4.78, 5) is 26.7. The van der Waals surface area contributed by atoms with Gasteiger partial charge in [-0.25, -0.2) is 4.98 Å². The SMILES string of the molecule is O=C(O)CNC(=O)Cc1nnc(Cc2nc3ccc(-c4ccccc4)cc3s2)o1. The molecule has 0 saturated heterocycles. The number of carboxylic acids is 1. The molecule has 4 aromatic rings. The second-order valence-electron chi connectivity index (χ2n) is 6.27. The van der Waals surface area contributed by atoms with Crippen LogP contribution in [0, 0.1) is 0 Å². The fourth-order valence-corrected chi connectivity index (χ4v) is 3.79. The number of carboxylic acid groups (broad SMARTS) is 1. The third kappa shape index (κ3) is 4.64. The number of amides is 1. The Hall–Kier alpha value is -3.59. The summed E-state index contributed by atoms with van der Waals surface area (Å²) >= 11 is 1.55. The van der Waals surface area contributed by atoms with Crippen molar-refractivity contribution in [2.24, 2.45) is 0 Å². The Bertz CT molecular complexity index is 1170. The number of hydrogen-bond acceptors (Lipinski definition) is 7. The highest BCUT2D eigenvalue weighted by molar-refractivity contribution is 7.18. The molecule has 0 saturated carbocycles. The van der Waals surface area contributed by atoms with Crippen molar-refractivity contribution in [1.82, 2.24) is 20.5 Å². The summed E-state index contributed by atoms with van der Waals surface area (Å²) in [7, 11) is 0. The molecule has 0 fully saturated rings. The number of benzene rings is 2. The highest BCUT2D eigenvalue weighted by Gasteiger charge is 2.14. The molecule has 0 aliphatic rings. The van der Waals surface area contributed by atoms with E-state index in [1.54, 1.807) is 11.3 Å². The number of aromatic nitrogens is 3. The van der Waals surface area contributed by atoms with Gasteiger partial charge in [0.25, 0.3) is 0 Å². The summed E-state index contributed by atoms with van der Waals surface area (Å²) in [6, 6.07) is 16.3. The minimum Gasteiger partial charge on any atom is -0.480 e. The number of hydrogen-bond donors (Lipinski definition) is 2. The van der Waals surface area contributed by atoms with Crippen molar-refractivity contribution in [3.8, 4) is 11.1 Å². The molecular formula is C20H16N4O4S. The molecule has 0 radical (unpaired) electrons. The molecule has 4 rings (SSSR count). The molecule has 2 N–H and O–H groups in total. The number of thiazole rings is 1. The molecule has 146 valence electrons. The normalized spacial score (nSPS) is 10.9. The van der Waals surface area contributed by atoms with Crippen molar-refractivity contribution in [2.45, 2.75) is 12.8 Å². The number of nitrogens with one attached hydrogen (secondary N) is 1. The van der Waals surface area contributed by atoms with Crippen molar-refractivity contribution in [1.29, 1.82) is 0 Å². The molecule has 2 aromatic heterocycles. The van der Waals surface area contributed by atoms with Crippen LogP contribution in [0.2, 0.25) is 0 Å². The van der Waals surface area contributed by atoms with Gasteiger partial charge in [0.1, 0.15) is 18.0 Å². The Morgan fingerprint density at radius 2 is 1.83 bits per heavy atom. The van der Waals surface area contributed by atoms with E-state index in [-0.39, 0.29) is 12.3 Å². The molecule has 0 spiro atoms. The molecule has 8 nitrogen and oxygen atoms in total. The number of nitrogens with zero attached hydrogens (tertiary/aromatic N) is 3. The maximum absolute atomic E-state index is 11.6. The van der Waals surface area contributed by atoms with Crippen molar-refractivity contribution in [3.63, 3.8) is 0 Å². The van der Waals surface area contributed by atoms with Gasteiger partial charge in [0, 0.05) is 0 Å². The smallest absolute Gasteiger partial charge is 0.322 e. The van der Waals surface area contributed by atoms with Crippen LogP contribution in [0.4, 0.5) is 0 Å². The van der Waals surface area contributed by atoms with Gasteiger partial charge in [-0.15, -0.1) is 21.5 Å². The van der Waals surface area contributed by atoms with Crippen LogP contribution < -0.4 is 5.32 Å². The zero-order valence-corrected chi connectivity index (χ0v) is 16.0. The van der Waals surface area contributed by atoms with Crippen LogP contribution in [0.15, 0.2) is 52.9 Å². The van der Waals surface area contributed by atoms with Gasteiger partial charge < -0.3 is 14.8 Å². The number of carbonyl (C=O) groups is 2. The van der Waals surface area contributed by atoms with Gasteiger partial charge in [-0.3, -0.25) is 9.59 Å². The Morgan fingerprint density at radius 1 is 1.03 bits per heavy atom. The predicted molar refractivity (Wildman–Crippen MR) is 107 cm³/mol. The second-order valence-corrected chi connectivity index (χ2v) is 7.38. The van der Waals surface area contributed by atoms with E-state index in [9.17, 15) is 9.59 Å². The van der Waals surface area contributed by atoms with Gasteiger partial charge >= 0.3 is 5.97 Å². The molecule has 1 amide bonds. The molecule has 0 unspecified atom stereocenters. The standard InChI is InChI=1S/C20H16N4O4S/c25-16(21-11-20(26)27)9-17-23-24-18(28-17)10-19-22-14-7-6-13(8-15(14)29-19)12-4-2-1-3-5-12/h1-8H,9-11H2,(H,21,25)(H,26,27). The molecule has 0 aliphatic heterocycles. The predicted octanol–water partition coefficient (Wildman–Crippen LogP) is 2.68. The van der Waals surface area contributed by atoms with Crippen molar-refractivity contribution in [2.75, 3.05) is 6.54 Å². The van der Waals surface area contributed by atoms with E-state index in [1.165, 1.54) is 0 Å². The lowest BCUT2D eigenvalue weighted by Crippen LogP contribution is -2.30. The van der Waals surface area contributed by atoms with Crippen molar-refractivity contribution < 1.29 is 19.1 Å². The Kier molecular flexibility index (Phi) is 5.30. The summed E-state index contributed by atoms with van der Waals surface area (Å²) in [6.07, 6.45) is 0.199. The van der Waals surface area contributed by atoms with E-state index < -0.39 is 18.4 Å². The average molecular weight is 408 g/mol. The molecule has 0 bridgehead atoms. The van der Waals surface area contributed by atoms with Gasteiger partial charge in [0.2, 0.25) is 17.7 Å². The van der Waals surface area contributed by atoms with E-state index in [2.05, 4.69) is 38.7 Å². The first-order valence-corrected chi connectivity index (χ1v) is 9.63. The van der Waals surface area contributed by atoms with Gasteiger partial charge in [-0.1, -0.05) is 36.4 Å². The molecule has 0 atom stereocenters. The monoisotopic (exact) mass is 408 g/mol. The van der Waals surface area contributed by atoms with Gasteiger partial charge in [0.05, 0.1) is 16.6 Å². The fraction of sp³-hybridized carbons (Fsp3) is 0.150. The molecule has 9 heteroatoms. The third-order valence-electron chi connectivity index (χ3n) is 4.10. The molecule has 2 aromatic carbocycles. The van der Waals surface area contributed by atoms with Gasteiger partial charge in [-0.05, 0) is 23.3 Å². The van der Waals surface area contributed by atoms with Crippen LogP contribution in [0.1, 0.15) is 16.8 Å². The maximum Gasteiger partial charge on any atom is 0.322 e. The molecule has 2 heterocycles. The minimum atomic E-state index is -1.11. The van der Waals surface area contributed by atoms with Crippen molar-refractivity contribution in [3.05, 3.63) is 65.3 Å². The largest absolute Gasteiger partial charge is 0.480 e. The summed E-state index contributed by atoms with van der Waals surface area (Å²) in [5.74, 6) is -1.12. The highest BCUT2D eigenvalue weighted by atomic mass is 32.1. The van der Waals surface area contributed by atoms with Crippen LogP contribution in [0.25, 0.3) is 21.3 Å². The van der Waals surface area contributed by atoms with E-state index in [0.29, 0.717) is 12.3 Å². The maximum atomic E-state index is 11.6. The van der Waals surface area contributed by atoms with E-state index in [4.69, 9.17) is 9.52 Å². The van der Waals surface area contributed by atoms with Crippen LogP contribution in [0.3, 0.4) is 0 Å². The molecule has 0 aliphatic carbocycles. The van der Waals surface area contributed by atoms with E-state index in [0.717, 1.165) is 26.4 Å². The van der Waals surface area contributed by atoms with Crippen LogP contribution in [-0.2, 0) is 22.4 Å². The van der Waals surface area contributed by atoms with E-state index in [1.807, 2.05) is 30.3 Å². The molecule has 29 heavy (non-hydrogen) atoms. The van der Waals surface area contributed by atoms with Gasteiger partial charge in [0.15, 0.2) is 0 Å². The van der Waals surface area contributed by atoms with Crippen LogP contribution in [-0.4, -0.2) is 38.7 Å². The Balaban J connectivity index is 1.45. The number of rotatable bonds is 7. The Labute approximate surface area is 169 Å². The van der Waals surface area contributed by atoms with Crippen molar-refractivity contribution >= 4 is 33.4 Å². The fourth-order valence-electron chi connectivity index (χ4n) is 2.79. The van der Waals surface area contributed by atoms with Crippen LogP contribution >= 0.6 is 11.3 Å². The minimum absolute atomic E-state index is 0.135. The zero-order chi connectivity index (χ0) is 20.2. The number of fused-ring (bicyclic) bond motifs is 1. The first kappa shape index (κ1) is 18.8. The first-order chi connectivity index (χ1) is 14.1. The van der Waals surface area contributed by atoms with Gasteiger partial charge in [-0.2, -0.15) is 0 Å². The van der Waals surface area contributed by atoms with Crippen LogP contribution in [0.5, 0.6) is 0 Å². The Morgan fingerprint density at radius 3 is 2.62 bits per heavy atom.